The van der Waals surface area contributed by atoms with Gasteiger partial charge in [-0.3, -0.25) is 9.59 Å². The van der Waals surface area contributed by atoms with Crippen molar-refractivity contribution in [2.45, 2.75) is 13.1 Å². The highest BCUT2D eigenvalue weighted by atomic mass is 35.5. The zero-order valence-corrected chi connectivity index (χ0v) is 12.2. The standard InChI is InChI=1S/C15H15ClN2O3/c1-17(9-11-5-2-3-6-12(11)16)15(21)13-7-4-8-18(13)10-14(19)20/h2-8H,9-10H2,1H3,(H,19,20). The monoisotopic (exact) mass is 306 g/mol. The molecule has 0 aliphatic carbocycles. The minimum atomic E-state index is -0.992. The van der Waals surface area contributed by atoms with Crippen LogP contribution < -0.4 is 0 Å². The minimum absolute atomic E-state index is 0.242. The van der Waals surface area contributed by atoms with Gasteiger partial charge in [0.1, 0.15) is 12.2 Å². The Balaban J connectivity index is 2.15. The summed E-state index contributed by atoms with van der Waals surface area (Å²) in [6.07, 6.45) is 1.57. The van der Waals surface area contributed by atoms with Crippen molar-refractivity contribution in [3.05, 3.63) is 58.9 Å². The number of amides is 1. The zero-order valence-electron chi connectivity index (χ0n) is 11.5. The second kappa shape index (κ2) is 6.45. The van der Waals surface area contributed by atoms with E-state index in [0.29, 0.717) is 17.3 Å². The van der Waals surface area contributed by atoms with E-state index in [9.17, 15) is 9.59 Å². The second-order valence-corrected chi connectivity index (χ2v) is 5.07. The van der Waals surface area contributed by atoms with E-state index < -0.39 is 5.97 Å². The Morgan fingerprint density at radius 1 is 1.24 bits per heavy atom. The summed E-state index contributed by atoms with van der Waals surface area (Å²) in [7, 11) is 1.66. The third-order valence-corrected chi connectivity index (χ3v) is 3.44. The molecule has 1 amide bonds. The van der Waals surface area contributed by atoms with Crippen LogP contribution in [0.1, 0.15) is 16.1 Å². The SMILES string of the molecule is CN(Cc1ccccc1Cl)C(=O)c1cccn1CC(=O)O. The zero-order chi connectivity index (χ0) is 15.4. The third-order valence-electron chi connectivity index (χ3n) is 3.07. The molecule has 110 valence electrons. The fourth-order valence-electron chi connectivity index (χ4n) is 2.04. The fourth-order valence-corrected chi connectivity index (χ4v) is 2.24. The quantitative estimate of drug-likeness (QED) is 0.923. The molecule has 0 aliphatic rings. The summed E-state index contributed by atoms with van der Waals surface area (Å²) in [5.41, 5.74) is 1.18. The third kappa shape index (κ3) is 3.64. The molecule has 1 aromatic heterocycles. The number of carbonyl (C=O) groups excluding carboxylic acids is 1. The maximum atomic E-state index is 12.4. The molecule has 6 heteroatoms. The van der Waals surface area contributed by atoms with E-state index in [1.165, 1.54) is 9.47 Å². The van der Waals surface area contributed by atoms with Gasteiger partial charge in [0.2, 0.25) is 0 Å². The molecule has 0 saturated carbocycles. The van der Waals surface area contributed by atoms with Crippen molar-refractivity contribution in [3.8, 4) is 0 Å². The van der Waals surface area contributed by atoms with Crippen LogP contribution in [0.2, 0.25) is 5.02 Å². The number of aromatic nitrogens is 1. The van der Waals surface area contributed by atoms with Crippen molar-refractivity contribution < 1.29 is 14.7 Å². The predicted molar refractivity (Wildman–Crippen MR) is 79.3 cm³/mol. The molecule has 1 heterocycles. The van der Waals surface area contributed by atoms with Crippen LogP contribution in [-0.2, 0) is 17.9 Å². The van der Waals surface area contributed by atoms with E-state index in [0.717, 1.165) is 5.56 Å². The first-order valence-corrected chi connectivity index (χ1v) is 6.72. The van der Waals surface area contributed by atoms with E-state index in [2.05, 4.69) is 0 Å². The van der Waals surface area contributed by atoms with Gasteiger partial charge in [0, 0.05) is 24.8 Å². The molecule has 0 bridgehead atoms. The highest BCUT2D eigenvalue weighted by Crippen LogP contribution is 2.17. The van der Waals surface area contributed by atoms with Crippen LogP contribution in [0.15, 0.2) is 42.6 Å². The molecule has 2 rings (SSSR count). The number of carboxylic acid groups (broad SMARTS) is 1. The Labute approximate surface area is 127 Å². The number of halogens is 1. The van der Waals surface area contributed by atoms with Gasteiger partial charge in [-0.2, -0.15) is 0 Å². The van der Waals surface area contributed by atoms with E-state index in [1.54, 1.807) is 31.4 Å². The number of carbonyl (C=O) groups is 2. The van der Waals surface area contributed by atoms with E-state index >= 15 is 0 Å². The second-order valence-electron chi connectivity index (χ2n) is 4.67. The van der Waals surface area contributed by atoms with Gasteiger partial charge < -0.3 is 14.6 Å². The first kappa shape index (κ1) is 15.1. The molecule has 0 fully saturated rings. The minimum Gasteiger partial charge on any atom is -0.480 e. The molecular formula is C15H15ClN2O3. The van der Waals surface area contributed by atoms with Crippen LogP contribution in [0.25, 0.3) is 0 Å². The Bertz CT molecular complexity index is 666. The Kier molecular flexibility index (Phi) is 4.65. The summed E-state index contributed by atoms with van der Waals surface area (Å²) < 4.78 is 1.41. The normalized spacial score (nSPS) is 10.4. The predicted octanol–water partition coefficient (Wildman–Crippen LogP) is 2.50. The molecule has 2 aromatic rings. The number of carboxylic acids is 1. The van der Waals surface area contributed by atoms with Gasteiger partial charge in [-0.15, -0.1) is 0 Å². The maximum absolute atomic E-state index is 12.4. The number of hydrogen-bond acceptors (Lipinski definition) is 2. The van der Waals surface area contributed by atoms with Crippen LogP contribution in [0, 0.1) is 0 Å². The number of rotatable bonds is 5. The largest absolute Gasteiger partial charge is 0.480 e. The van der Waals surface area contributed by atoms with E-state index in [1.807, 2.05) is 18.2 Å². The number of hydrogen-bond donors (Lipinski definition) is 1. The summed E-state index contributed by atoms with van der Waals surface area (Å²) in [5.74, 6) is -1.24. The van der Waals surface area contributed by atoms with E-state index in [-0.39, 0.29) is 12.5 Å². The van der Waals surface area contributed by atoms with Gasteiger partial charge in [-0.1, -0.05) is 29.8 Å². The molecule has 0 atom stereocenters. The smallest absolute Gasteiger partial charge is 0.323 e. The maximum Gasteiger partial charge on any atom is 0.323 e. The van der Waals surface area contributed by atoms with Gasteiger partial charge in [-0.25, -0.2) is 0 Å². The highest BCUT2D eigenvalue weighted by Gasteiger charge is 2.17. The van der Waals surface area contributed by atoms with Gasteiger partial charge >= 0.3 is 5.97 Å². The average Bonchev–Trinajstić information content (AvgIpc) is 2.87. The number of benzene rings is 1. The summed E-state index contributed by atoms with van der Waals surface area (Å²) >= 11 is 6.08. The molecule has 1 aromatic carbocycles. The molecule has 1 N–H and O–H groups in total. The molecule has 0 aliphatic heterocycles. The van der Waals surface area contributed by atoms with Crippen LogP contribution in [0.3, 0.4) is 0 Å². The Hall–Kier alpha value is -2.27. The lowest BCUT2D eigenvalue weighted by Crippen LogP contribution is -2.29. The highest BCUT2D eigenvalue weighted by molar-refractivity contribution is 6.31. The van der Waals surface area contributed by atoms with Crippen molar-refractivity contribution in [1.29, 1.82) is 0 Å². The van der Waals surface area contributed by atoms with Crippen LogP contribution in [0.4, 0.5) is 0 Å². The van der Waals surface area contributed by atoms with Crippen molar-refractivity contribution >= 4 is 23.5 Å². The lowest BCUT2D eigenvalue weighted by molar-refractivity contribution is -0.137. The fraction of sp³-hybridized carbons (Fsp3) is 0.200. The lowest BCUT2D eigenvalue weighted by atomic mass is 10.2. The molecule has 0 saturated heterocycles. The summed E-state index contributed by atoms with van der Waals surface area (Å²) in [5, 5.41) is 9.43. The Morgan fingerprint density at radius 3 is 2.62 bits per heavy atom. The average molecular weight is 307 g/mol. The van der Waals surface area contributed by atoms with Crippen molar-refractivity contribution in [2.24, 2.45) is 0 Å². The number of aliphatic carboxylic acids is 1. The number of nitrogens with zero attached hydrogens (tertiary/aromatic N) is 2. The van der Waals surface area contributed by atoms with Gasteiger partial charge in [0.15, 0.2) is 0 Å². The van der Waals surface area contributed by atoms with Gasteiger partial charge in [0.25, 0.3) is 5.91 Å². The molecular weight excluding hydrogens is 292 g/mol. The topological polar surface area (TPSA) is 62.5 Å². The van der Waals surface area contributed by atoms with Crippen molar-refractivity contribution in [3.63, 3.8) is 0 Å². The van der Waals surface area contributed by atoms with Crippen LogP contribution in [0.5, 0.6) is 0 Å². The first-order valence-electron chi connectivity index (χ1n) is 6.35. The lowest BCUT2D eigenvalue weighted by Gasteiger charge is -2.18. The van der Waals surface area contributed by atoms with Crippen molar-refractivity contribution in [2.75, 3.05) is 7.05 Å². The summed E-state index contributed by atoms with van der Waals surface area (Å²) in [4.78, 5) is 24.7. The molecule has 21 heavy (non-hydrogen) atoms. The molecule has 0 radical (unpaired) electrons. The van der Waals surface area contributed by atoms with Gasteiger partial charge in [-0.05, 0) is 23.8 Å². The first-order chi connectivity index (χ1) is 9.99. The molecule has 5 nitrogen and oxygen atoms in total. The summed E-state index contributed by atoms with van der Waals surface area (Å²) in [6.45, 7) is 0.116. The van der Waals surface area contributed by atoms with Crippen LogP contribution >= 0.6 is 11.6 Å². The Morgan fingerprint density at radius 2 is 1.95 bits per heavy atom. The molecule has 0 unspecified atom stereocenters. The summed E-state index contributed by atoms with van der Waals surface area (Å²) in [6, 6.07) is 10.6. The van der Waals surface area contributed by atoms with Crippen molar-refractivity contribution in [1.82, 2.24) is 9.47 Å². The van der Waals surface area contributed by atoms with E-state index in [4.69, 9.17) is 16.7 Å². The van der Waals surface area contributed by atoms with Crippen LogP contribution in [-0.4, -0.2) is 33.5 Å². The molecule has 0 spiro atoms. The van der Waals surface area contributed by atoms with Gasteiger partial charge in [0.05, 0.1) is 0 Å².